The monoisotopic (exact) mass is 433 g/mol. The lowest BCUT2D eigenvalue weighted by Crippen LogP contribution is -2.41. The van der Waals surface area contributed by atoms with Crippen LogP contribution in [0.15, 0.2) is 44.7 Å². The third-order valence-electron chi connectivity index (χ3n) is 4.08. The van der Waals surface area contributed by atoms with E-state index in [9.17, 15) is 14.9 Å². The van der Waals surface area contributed by atoms with E-state index in [0.29, 0.717) is 27.6 Å². The number of furan rings is 1. The smallest absolute Gasteiger partial charge is 0.336 e. The number of hydrogen-bond donors (Lipinski definition) is 2. The first-order valence-electron chi connectivity index (χ1n) is 9.43. The van der Waals surface area contributed by atoms with E-state index in [1.807, 2.05) is 20.8 Å². The molecular weight excluding hydrogens is 406 g/mol. The lowest BCUT2D eigenvalue weighted by atomic mass is 9.86. The molecular formula is C21H27N3O5S. The molecule has 162 valence electrons. The number of nitrogens with one attached hydrogen (secondary N) is 2. The van der Waals surface area contributed by atoms with Crippen LogP contribution in [0.1, 0.15) is 39.4 Å². The van der Waals surface area contributed by atoms with E-state index in [4.69, 9.17) is 13.9 Å². The largest absolute Gasteiger partial charge is 0.468 e. The van der Waals surface area contributed by atoms with Gasteiger partial charge in [0.25, 0.3) is 0 Å². The summed E-state index contributed by atoms with van der Waals surface area (Å²) in [5.74, 6) is -0.866. The van der Waals surface area contributed by atoms with Gasteiger partial charge in [-0.3, -0.25) is 4.79 Å². The van der Waals surface area contributed by atoms with Crippen LogP contribution < -0.4 is 10.6 Å². The summed E-state index contributed by atoms with van der Waals surface area (Å²) in [6.45, 7) is 7.78. The molecule has 0 saturated carbocycles. The average molecular weight is 434 g/mol. The second kappa shape index (κ2) is 10.4. The van der Waals surface area contributed by atoms with Gasteiger partial charge < -0.3 is 24.5 Å². The molecule has 2 rings (SSSR count). The van der Waals surface area contributed by atoms with Crippen LogP contribution >= 0.6 is 11.8 Å². The van der Waals surface area contributed by atoms with Crippen molar-refractivity contribution < 1.29 is 23.5 Å². The van der Waals surface area contributed by atoms with Crippen molar-refractivity contribution in [3.63, 3.8) is 0 Å². The highest BCUT2D eigenvalue weighted by atomic mass is 32.2. The molecule has 8 nitrogen and oxygen atoms in total. The summed E-state index contributed by atoms with van der Waals surface area (Å²) in [4.78, 5) is 25.0. The van der Waals surface area contributed by atoms with E-state index in [1.54, 1.807) is 19.1 Å². The fourth-order valence-corrected chi connectivity index (χ4v) is 3.82. The highest BCUT2D eigenvalue weighted by Crippen LogP contribution is 2.41. The highest BCUT2D eigenvalue weighted by molar-refractivity contribution is 8.03. The van der Waals surface area contributed by atoms with Crippen LogP contribution in [-0.2, 0) is 19.1 Å². The van der Waals surface area contributed by atoms with Gasteiger partial charge in [-0.05, 0) is 39.8 Å². The number of dihydropyridines is 1. The number of rotatable bonds is 8. The molecule has 1 aromatic heterocycles. The minimum atomic E-state index is -0.727. The summed E-state index contributed by atoms with van der Waals surface area (Å²) >= 11 is 1.20. The molecule has 2 N–H and O–H groups in total. The Kier molecular flexibility index (Phi) is 8.15. The van der Waals surface area contributed by atoms with Gasteiger partial charge in [-0.25, -0.2) is 4.79 Å². The predicted octanol–water partition coefficient (Wildman–Crippen LogP) is 2.81. The van der Waals surface area contributed by atoms with Gasteiger partial charge in [-0.15, -0.1) is 0 Å². The van der Waals surface area contributed by atoms with Gasteiger partial charge in [0.1, 0.15) is 12.4 Å². The van der Waals surface area contributed by atoms with E-state index >= 15 is 0 Å². The van der Waals surface area contributed by atoms with Crippen molar-refractivity contribution in [2.45, 2.75) is 39.2 Å². The molecule has 0 aliphatic carbocycles. The molecule has 1 aromatic rings. The van der Waals surface area contributed by atoms with Crippen molar-refractivity contribution in [2.75, 3.05) is 26.1 Å². The van der Waals surface area contributed by atoms with E-state index in [0.717, 1.165) is 0 Å². The molecule has 1 aliphatic rings. The van der Waals surface area contributed by atoms with Crippen molar-refractivity contribution in [2.24, 2.45) is 0 Å². The summed E-state index contributed by atoms with van der Waals surface area (Å²) < 4.78 is 15.7. The Balaban J connectivity index is 2.32. The van der Waals surface area contributed by atoms with Gasteiger partial charge in [0.2, 0.25) is 5.91 Å². The van der Waals surface area contributed by atoms with Gasteiger partial charge in [0, 0.05) is 18.3 Å². The molecule has 0 aromatic carbocycles. The van der Waals surface area contributed by atoms with Crippen LogP contribution in [0.3, 0.4) is 0 Å². The molecule has 1 amide bonds. The minimum Gasteiger partial charge on any atom is -0.468 e. The first-order valence-corrected chi connectivity index (χ1v) is 10.4. The molecule has 30 heavy (non-hydrogen) atoms. The van der Waals surface area contributed by atoms with Crippen LogP contribution in [0.4, 0.5) is 0 Å². The zero-order chi connectivity index (χ0) is 22.3. The summed E-state index contributed by atoms with van der Waals surface area (Å²) in [5.41, 5.74) is 0.774. The third kappa shape index (κ3) is 6.15. The molecule has 0 radical (unpaired) electrons. The Morgan fingerprint density at radius 1 is 1.37 bits per heavy atom. The molecule has 0 spiro atoms. The van der Waals surface area contributed by atoms with E-state index in [1.165, 1.54) is 25.1 Å². The fraction of sp³-hybridized carbons (Fsp3) is 0.476. The Morgan fingerprint density at radius 3 is 2.67 bits per heavy atom. The Bertz CT molecular complexity index is 875. The van der Waals surface area contributed by atoms with E-state index < -0.39 is 11.9 Å². The standard InChI is InChI=1S/C21H27N3O5S/c1-13-17(20(26)29-10-9-27-5)18(15-7-6-8-28-15)14(11-22)19(23-13)30-12-16(25)24-21(2,3)4/h6-8,18,23H,9-10,12H2,1-5H3,(H,24,25)/t18-/m0/s1. The molecule has 1 aliphatic heterocycles. The Labute approximate surface area is 180 Å². The molecule has 0 unspecified atom stereocenters. The predicted molar refractivity (Wildman–Crippen MR) is 113 cm³/mol. The maximum Gasteiger partial charge on any atom is 0.336 e. The quantitative estimate of drug-likeness (QED) is 0.475. The topological polar surface area (TPSA) is 114 Å². The lowest BCUT2D eigenvalue weighted by Gasteiger charge is -2.28. The Hall–Kier alpha value is -2.70. The number of carbonyl (C=O) groups is 2. The summed E-state index contributed by atoms with van der Waals surface area (Å²) in [5, 5.41) is 16.4. The number of amides is 1. The van der Waals surface area contributed by atoms with E-state index in [-0.39, 0.29) is 30.4 Å². The van der Waals surface area contributed by atoms with E-state index in [2.05, 4.69) is 16.7 Å². The number of hydrogen-bond acceptors (Lipinski definition) is 8. The first-order chi connectivity index (χ1) is 14.2. The van der Waals surface area contributed by atoms with Crippen molar-refractivity contribution in [3.8, 4) is 6.07 Å². The van der Waals surface area contributed by atoms with Gasteiger partial charge in [0.15, 0.2) is 0 Å². The normalized spacial score (nSPS) is 16.7. The molecule has 0 fully saturated rings. The number of methoxy groups -OCH3 is 1. The first kappa shape index (κ1) is 23.6. The number of ether oxygens (including phenoxy) is 2. The van der Waals surface area contributed by atoms with Crippen LogP contribution in [0.2, 0.25) is 0 Å². The van der Waals surface area contributed by atoms with Crippen LogP contribution in [-0.4, -0.2) is 43.5 Å². The molecule has 9 heteroatoms. The zero-order valence-corrected chi connectivity index (χ0v) is 18.6. The zero-order valence-electron chi connectivity index (χ0n) is 17.8. The van der Waals surface area contributed by atoms with Crippen molar-refractivity contribution in [3.05, 3.63) is 46.0 Å². The molecule has 1 atom stereocenters. The second-order valence-corrected chi connectivity index (χ2v) is 8.67. The van der Waals surface area contributed by atoms with Gasteiger partial charge in [-0.2, -0.15) is 5.26 Å². The number of nitrogens with zero attached hydrogens (tertiary/aromatic N) is 1. The third-order valence-corrected chi connectivity index (χ3v) is 5.09. The highest BCUT2D eigenvalue weighted by Gasteiger charge is 2.37. The van der Waals surface area contributed by atoms with Crippen LogP contribution in [0, 0.1) is 11.3 Å². The van der Waals surface area contributed by atoms with Gasteiger partial charge in [0.05, 0.1) is 46.8 Å². The Morgan fingerprint density at radius 2 is 2.10 bits per heavy atom. The summed E-state index contributed by atoms with van der Waals surface area (Å²) in [6.07, 6.45) is 1.49. The fourth-order valence-electron chi connectivity index (χ4n) is 2.92. The van der Waals surface area contributed by atoms with Gasteiger partial charge in [-0.1, -0.05) is 11.8 Å². The SMILES string of the molecule is COCCOC(=O)C1=C(C)NC(SCC(=O)NC(C)(C)C)=C(C#N)[C@H]1c1ccco1. The molecule has 0 saturated heterocycles. The molecule has 2 heterocycles. The second-order valence-electron chi connectivity index (χ2n) is 7.68. The number of esters is 1. The number of allylic oxidation sites excluding steroid dienone is 2. The van der Waals surface area contributed by atoms with Gasteiger partial charge >= 0.3 is 5.97 Å². The number of carbonyl (C=O) groups excluding carboxylic acids is 2. The maximum atomic E-state index is 12.8. The van der Waals surface area contributed by atoms with Crippen LogP contribution in [0.5, 0.6) is 0 Å². The van der Waals surface area contributed by atoms with Crippen molar-refractivity contribution in [1.82, 2.24) is 10.6 Å². The summed E-state index contributed by atoms with van der Waals surface area (Å²) in [6, 6.07) is 5.57. The van der Waals surface area contributed by atoms with Crippen LogP contribution in [0.25, 0.3) is 0 Å². The number of thioether (sulfide) groups is 1. The average Bonchev–Trinajstić information content (AvgIpc) is 3.18. The summed E-state index contributed by atoms with van der Waals surface area (Å²) in [7, 11) is 1.52. The number of nitriles is 1. The van der Waals surface area contributed by atoms with Crippen molar-refractivity contribution >= 4 is 23.6 Å². The van der Waals surface area contributed by atoms with Crippen molar-refractivity contribution in [1.29, 1.82) is 5.26 Å². The minimum absolute atomic E-state index is 0.0944. The lowest BCUT2D eigenvalue weighted by molar-refractivity contribution is -0.140. The maximum absolute atomic E-state index is 12.8. The molecule has 0 bridgehead atoms.